The number of hydrogen-bond acceptors (Lipinski definition) is 6. The zero-order chi connectivity index (χ0) is 34.1. The molecule has 1 saturated carbocycles. The van der Waals surface area contributed by atoms with Gasteiger partial charge in [0, 0.05) is 35.3 Å². The number of hydrogen-bond donors (Lipinski definition) is 3. The van der Waals surface area contributed by atoms with Crippen LogP contribution in [-0.4, -0.2) is 66.9 Å². The summed E-state index contributed by atoms with van der Waals surface area (Å²) in [4.78, 5) is 32.0. The van der Waals surface area contributed by atoms with Crippen LogP contribution in [0.1, 0.15) is 70.8 Å². The number of ether oxygens (including phenoxy) is 1. The van der Waals surface area contributed by atoms with Crippen LogP contribution in [0, 0.1) is 0 Å². The molecule has 3 N–H and O–H groups in total. The maximum absolute atomic E-state index is 13.4. The van der Waals surface area contributed by atoms with Crippen LogP contribution in [0.15, 0.2) is 84.9 Å². The molecule has 1 aliphatic carbocycles. The number of carboxylic acids is 1. The predicted octanol–water partition coefficient (Wildman–Crippen LogP) is 7.37. The number of nitrogens with zero attached hydrogens (tertiary/aromatic N) is 3. The number of rotatable bonds is 8. The molecule has 9 nitrogen and oxygen atoms in total. The van der Waals surface area contributed by atoms with E-state index in [2.05, 4.69) is 4.57 Å². The van der Waals surface area contributed by atoms with Gasteiger partial charge in [0.25, 0.3) is 5.91 Å². The first-order valence-corrected chi connectivity index (χ1v) is 17.2. The van der Waals surface area contributed by atoms with Gasteiger partial charge in [-0.25, -0.2) is 9.78 Å². The van der Waals surface area contributed by atoms with Crippen LogP contribution in [0.25, 0.3) is 33.5 Å². The van der Waals surface area contributed by atoms with Crippen molar-refractivity contribution in [3.05, 3.63) is 107 Å². The Labute approximate surface area is 289 Å². The van der Waals surface area contributed by atoms with E-state index in [-0.39, 0.29) is 30.7 Å². The Morgan fingerprint density at radius 1 is 0.857 bits per heavy atom. The van der Waals surface area contributed by atoms with Crippen molar-refractivity contribution in [2.24, 2.45) is 0 Å². The third kappa shape index (κ3) is 6.79. The van der Waals surface area contributed by atoms with Gasteiger partial charge < -0.3 is 29.5 Å². The molecule has 1 aliphatic heterocycles. The number of imidazole rings is 1. The van der Waals surface area contributed by atoms with Gasteiger partial charge >= 0.3 is 5.97 Å². The van der Waals surface area contributed by atoms with Crippen molar-refractivity contribution in [3.63, 3.8) is 0 Å². The van der Waals surface area contributed by atoms with E-state index >= 15 is 0 Å². The van der Waals surface area contributed by atoms with E-state index in [0.717, 1.165) is 59.3 Å². The lowest BCUT2D eigenvalue weighted by Crippen LogP contribution is -2.48. The molecule has 2 unspecified atom stereocenters. The summed E-state index contributed by atoms with van der Waals surface area (Å²) >= 11 is 6.17. The van der Waals surface area contributed by atoms with E-state index in [1.54, 1.807) is 23.1 Å². The number of amides is 1. The van der Waals surface area contributed by atoms with Crippen molar-refractivity contribution in [2.45, 2.75) is 63.4 Å². The molecule has 10 heteroatoms. The van der Waals surface area contributed by atoms with Gasteiger partial charge in [-0.15, -0.1) is 0 Å². The second kappa shape index (κ2) is 14.0. The average Bonchev–Trinajstić information content (AvgIpc) is 3.52. The number of likely N-dealkylation sites (tertiary alicyclic amines) is 1. The molecule has 49 heavy (non-hydrogen) atoms. The number of para-hydroxylation sites is 1. The van der Waals surface area contributed by atoms with E-state index in [1.807, 2.05) is 66.7 Å². The minimum absolute atomic E-state index is 0.0727. The molecule has 1 saturated heterocycles. The smallest absolute Gasteiger partial charge is 0.337 e. The molecule has 7 rings (SSSR count). The lowest BCUT2D eigenvalue weighted by Gasteiger charge is -2.33. The van der Waals surface area contributed by atoms with E-state index < -0.39 is 18.2 Å². The number of carbonyl (C=O) groups excluding carboxylic acids is 1. The van der Waals surface area contributed by atoms with Crippen molar-refractivity contribution in [1.82, 2.24) is 14.5 Å². The van der Waals surface area contributed by atoms with Gasteiger partial charge in [0.05, 0.1) is 23.3 Å². The SMILES string of the molecule is O=C(O)c1cccc2c1nc(-c1ccc(OCc3cc(C(=O)N4CCC(O)C(O)C4)ccc3-c3ccc(Cl)cc3)cc1)n2C1CCCCC1. The van der Waals surface area contributed by atoms with Gasteiger partial charge in [-0.05, 0) is 96.6 Å². The van der Waals surface area contributed by atoms with Crippen molar-refractivity contribution in [3.8, 4) is 28.3 Å². The second-order valence-corrected chi connectivity index (χ2v) is 13.4. The van der Waals surface area contributed by atoms with Crippen molar-refractivity contribution < 1.29 is 29.6 Å². The Hall–Kier alpha value is -4.70. The second-order valence-electron chi connectivity index (χ2n) is 12.9. The zero-order valence-electron chi connectivity index (χ0n) is 27.0. The number of aliphatic hydroxyl groups excluding tert-OH is 2. The molecule has 2 aliphatic rings. The van der Waals surface area contributed by atoms with Crippen LogP contribution in [0.4, 0.5) is 0 Å². The molecule has 1 amide bonds. The fourth-order valence-corrected chi connectivity index (χ4v) is 7.23. The number of benzene rings is 4. The molecule has 252 valence electrons. The number of carboxylic acid groups (broad SMARTS) is 1. The Balaban J connectivity index is 1.17. The van der Waals surface area contributed by atoms with E-state index in [9.17, 15) is 24.9 Å². The van der Waals surface area contributed by atoms with Crippen LogP contribution in [0.3, 0.4) is 0 Å². The Morgan fingerprint density at radius 2 is 1.59 bits per heavy atom. The molecule has 0 radical (unpaired) electrons. The molecule has 1 aromatic heterocycles. The first kappa shape index (κ1) is 32.8. The predicted molar refractivity (Wildman–Crippen MR) is 188 cm³/mol. The lowest BCUT2D eigenvalue weighted by molar-refractivity contribution is -0.0321. The third-order valence-electron chi connectivity index (χ3n) is 9.74. The quantitative estimate of drug-likeness (QED) is 0.156. The van der Waals surface area contributed by atoms with Crippen molar-refractivity contribution >= 4 is 34.5 Å². The number of aromatic nitrogens is 2. The fraction of sp³-hybridized carbons (Fsp3) is 0.308. The van der Waals surface area contributed by atoms with E-state index in [4.69, 9.17) is 21.3 Å². The summed E-state index contributed by atoms with van der Waals surface area (Å²) < 4.78 is 8.53. The molecule has 4 aromatic carbocycles. The Bertz CT molecular complexity index is 1990. The fourth-order valence-electron chi connectivity index (χ4n) is 7.11. The summed E-state index contributed by atoms with van der Waals surface area (Å²) in [5.74, 6) is 0.160. The summed E-state index contributed by atoms with van der Waals surface area (Å²) in [5.41, 5.74) is 5.49. The van der Waals surface area contributed by atoms with Gasteiger partial charge in [0.15, 0.2) is 0 Å². The lowest BCUT2D eigenvalue weighted by atomic mass is 9.94. The van der Waals surface area contributed by atoms with Crippen LogP contribution >= 0.6 is 11.6 Å². The highest BCUT2D eigenvalue weighted by atomic mass is 35.5. The highest BCUT2D eigenvalue weighted by Gasteiger charge is 2.30. The number of β-amino-alcohol motifs (C(OH)–C–C–N with tert-alkyl or cyclic N) is 1. The topological polar surface area (TPSA) is 125 Å². The highest BCUT2D eigenvalue weighted by molar-refractivity contribution is 6.30. The van der Waals surface area contributed by atoms with Crippen LogP contribution in [0.2, 0.25) is 5.02 Å². The summed E-state index contributed by atoms with van der Waals surface area (Å²) in [7, 11) is 0. The number of piperidine rings is 1. The van der Waals surface area contributed by atoms with Crippen LogP contribution in [-0.2, 0) is 6.61 Å². The van der Waals surface area contributed by atoms with E-state index in [0.29, 0.717) is 34.8 Å². The molecule has 2 atom stereocenters. The Morgan fingerprint density at radius 3 is 2.31 bits per heavy atom. The summed E-state index contributed by atoms with van der Waals surface area (Å²) in [6.45, 7) is 0.617. The first-order valence-electron chi connectivity index (χ1n) is 16.8. The van der Waals surface area contributed by atoms with Gasteiger partial charge in [0.1, 0.15) is 23.7 Å². The highest BCUT2D eigenvalue weighted by Crippen LogP contribution is 2.37. The first-order chi connectivity index (χ1) is 23.8. The zero-order valence-corrected chi connectivity index (χ0v) is 27.7. The van der Waals surface area contributed by atoms with Crippen molar-refractivity contribution in [1.29, 1.82) is 0 Å². The van der Waals surface area contributed by atoms with Crippen LogP contribution in [0.5, 0.6) is 5.75 Å². The third-order valence-corrected chi connectivity index (χ3v) is 9.99. The van der Waals surface area contributed by atoms with Gasteiger partial charge in [-0.1, -0.05) is 55.1 Å². The molecule has 5 aromatic rings. The number of fused-ring (bicyclic) bond motifs is 1. The monoisotopic (exact) mass is 679 g/mol. The van der Waals surface area contributed by atoms with Gasteiger partial charge in [-0.2, -0.15) is 0 Å². The summed E-state index contributed by atoms with van der Waals surface area (Å²) in [5, 5.41) is 30.6. The number of carbonyl (C=O) groups is 2. The van der Waals surface area contributed by atoms with E-state index in [1.165, 1.54) is 6.42 Å². The van der Waals surface area contributed by atoms with Gasteiger partial charge in [-0.3, -0.25) is 4.79 Å². The number of aromatic carboxylic acids is 1. The summed E-state index contributed by atoms with van der Waals surface area (Å²) in [6, 6.07) is 26.2. The largest absolute Gasteiger partial charge is 0.489 e. The normalized spacial score (nSPS) is 18.5. The molecule has 0 bridgehead atoms. The number of halogens is 1. The summed E-state index contributed by atoms with van der Waals surface area (Å²) in [6.07, 6.45) is 4.01. The van der Waals surface area contributed by atoms with Crippen molar-refractivity contribution in [2.75, 3.05) is 13.1 Å². The standard InChI is InChI=1S/C39H38ClN3O6/c40-28-14-9-24(10-15-28)31-18-13-26(38(46)42-20-19-34(44)35(45)22-42)21-27(31)23-49-30-16-11-25(12-17-30)37-41-36-32(39(47)48)7-4-8-33(36)43(37)29-5-2-1-3-6-29/h4,7-18,21,29,34-35,44-45H,1-3,5-6,19-20,22-23H2,(H,47,48). The molecular weight excluding hydrogens is 642 g/mol. The maximum atomic E-state index is 13.4. The molecular formula is C39H38ClN3O6. The van der Waals surface area contributed by atoms with Crippen LogP contribution < -0.4 is 4.74 Å². The number of aliphatic hydroxyl groups is 2. The average molecular weight is 680 g/mol. The Kier molecular flexibility index (Phi) is 9.40. The maximum Gasteiger partial charge on any atom is 0.337 e. The van der Waals surface area contributed by atoms with Gasteiger partial charge in [0.2, 0.25) is 0 Å². The minimum Gasteiger partial charge on any atom is -0.489 e. The molecule has 2 heterocycles. The molecule has 0 spiro atoms. The molecule has 2 fully saturated rings. The minimum atomic E-state index is -0.995.